The van der Waals surface area contributed by atoms with Crippen LogP contribution in [0.5, 0.6) is 0 Å². The average molecular weight is 307 g/mol. The predicted octanol–water partition coefficient (Wildman–Crippen LogP) is 2.90. The number of carbonyl (C=O) groups is 1. The summed E-state index contributed by atoms with van der Waals surface area (Å²) in [6.07, 6.45) is 3.57. The van der Waals surface area contributed by atoms with Crippen LogP contribution in [0.2, 0.25) is 0 Å². The predicted molar refractivity (Wildman–Crippen MR) is 86.5 cm³/mol. The fourth-order valence-corrected chi connectivity index (χ4v) is 2.22. The zero-order chi connectivity index (χ0) is 16.1. The van der Waals surface area contributed by atoms with Crippen LogP contribution < -0.4 is 5.32 Å². The van der Waals surface area contributed by atoms with Gasteiger partial charge in [-0.2, -0.15) is 0 Å². The Morgan fingerprint density at radius 3 is 2.74 bits per heavy atom. The molecule has 0 radical (unpaired) electrons. The molecule has 0 saturated heterocycles. The molecule has 0 bridgehead atoms. The quantitative estimate of drug-likeness (QED) is 0.787. The van der Waals surface area contributed by atoms with Gasteiger partial charge in [-0.1, -0.05) is 30.3 Å². The molecule has 0 aliphatic heterocycles. The third-order valence-corrected chi connectivity index (χ3v) is 3.46. The van der Waals surface area contributed by atoms with Gasteiger partial charge in [-0.25, -0.2) is 4.98 Å². The standard InChI is InChI=1S/C18H17N3O2/c1-13-16(21-18(23-13)15-8-5-9-19-12-15)10-17(22)20-11-14-6-3-2-4-7-14/h2-9,12H,10-11H2,1H3,(H,20,22). The van der Waals surface area contributed by atoms with Crippen molar-refractivity contribution in [2.45, 2.75) is 19.9 Å². The van der Waals surface area contributed by atoms with Gasteiger partial charge in [-0.3, -0.25) is 9.78 Å². The summed E-state index contributed by atoms with van der Waals surface area (Å²) < 4.78 is 5.63. The highest BCUT2D eigenvalue weighted by atomic mass is 16.4. The molecule has 0 unspecified atom stereocenters. The van der Waals surface area contributed by atoms with Gasteiger partial charge >= 0.3 is 0 Å². The van der Waals surface area contributed by atoms with E-state index in [4.69, 9.17) is 4.42 Å². The van der Waals surface area contributed by atoms with Gasteiger partial charge in [-0.15, -0.1) is 0 Å². The summed E-state index contributed by atoms with van der Waals surface area (Å²) >= 11 is 0. The van der Waals surface area contributed by atoms with Crippen molar-refractivity contribution in [1.29, 1.82) is 0 Å². The summed E-state index contributed by atoms with van der Waals surface area (Å²) in [5.74, 6) is 1.06. The maximum atomic E-state index is 12.1. The van der Waals surface area contributed by atoms with Gasteiger partial charge in [0, 0.05) is 18.9 Å². The first-order valence-electron chi connectivity index (χ1n) is 7.39. The van der Waals surface area contributed by atoms with Gasteiger partial charge < -0.3 is 9.73 Å². The van der Waals surface area contributed by atoms with Gasteiger partial charge in [0.15, 0.2) is 0 Å². The van der Waals surface area contributed by atoms with Crippen molar-refractivity contribution in [3.05, 3.63) is 71.9 Å². The first kappa shape index (κ1) is 15.0. The van der Waals surface area contributed by atoms with Crippen LogP contribution in [0.4, 0.5) is 0 Å². The molecule has 0 fully saturated rings. The van der Waals surface area contributed by atoms with E-state index in [9.17, 15) is 4.79 Å². The van der Waals surface area contributed by atoms with Crippen molar-refractivity contribution < 1.29 is 9.21 Å². The van der Waals surface area contributed by atoms with Crippen LogP contribution >= 0.6 is 0 Å². The Labute approximate surface area is 134 Å². The zero-order valence-electron chi connectivity index (χ0n) is 12.8. The Hall–Kier alpha value is -2.95. The minimum atomic E-state index is -0.0806. The Morgan fingerprint density at radius 1 is 1.17 bits per heavy atom. The number of carbonyl (C=O) groups excluding carboxylic acids is 1. The Kier molecular flexibility index (Phi) is 4.47. The molecule has 0 saturated carbocycles. The van der Waals surface area contributed by atoms with E-state index in [1.54, 1.807) is 12.4 Å². The Bertz CT molecular complexity index is 783. The molecule has 0 atom stereocenters. The third kappa shape index (κ3) is 3.83. The molecule has 3 rings (SSSR count). The monoisotopic (exact) mass is 307 g/mol. The second kappa shape index (κ2) is 6.87. The van der Waals surface area contributed by atoms with Crippen LogP contribution in [-0.4, -0.2) is 15.9 Å². The molecule has 1 amide bonds. The first-order chi connectivity index (χ1) is 11.2. The molecule has 0 aliphatic carbocycles. The number of aromatic nitrogens is 2. The molecule has 1 N–H and O–H groups in total. The molecular formula is C18H17N3O2. The summed E-state index contributed by atoms with van der Waals surface area (Å²) in [5.41, 5.74) is 2.51. The first-order valence-corrected chi connectivity index (χ1v) is 7.39. The number of pyridine rings is 1. The highest BCUT2D eigenvalue weighted by Gasteiger charge is 2.14. The fraction of sp³-hybridized carbons (Fsp3) is 0.167. The van der Waals surface area contributed by atoms with Gasteiger partial charge in [0.2, 0.25) is 11.8 Å². The van der Waals surface area contributed by atoms with Crippen LogP contribution in [0, 0.1) is 6.92 Å². The maximum Gasteiger partial charge on any atom is 0.228 e. The molecule has 2 heterocycles. The number of nitrogens with zero attached hydrogens (tertiary/aromatic N) is 2. The highest BCUT2D eigenvalue weighted by Crippen LogP contribution is 2.20. The van der Waals surface area contributed by atoms with Crippen molar-refractivity contribution >= 4 is 5.91 Å². The SMILES string of the molecule is Cc1oc(-c2cccnc2)nc1CC(=O)NCc1ccccc1. The van der Waals surface area contributed by atoms with E-state index >= 15 is 0 Å². The van der Waals surface area contributed by atoms with Gasteiger partial charge in [0.25, 0.3) is 0 Å². The van der Waals surface area contributed by atoms with Crippen LogP contribution in [0.1, 0.15) is 17.0 Å². The number of nitrogens with one attached hydrogen (secondary N) is 1. The molecule has 1 aromatic carbocycles. The number of hydrogen-bond acceptors (Lipinski definition) is 4. The van der Waals surface area contributed by atoms with Gasteiger partial charge in [0.05, 0.1) is 17.7 Å². The molecule has 5 heteroatoms. The number of rotatable bonds is 5. The minimum absolute atomic E-state index is 0.0806. The molecule has 3 aromatic rings. The van der Waals surface area contributed by atoms with E-state index in [1.807, 2.05) is 49.4 Å². The summed E-state index contributed by atoms with van der Waals surface area (Å²) in [6.45, 7) is 2.32. The molecular weight excluding hydrogens is 290 g/mol. The largest absolute Gasteiger partial charge is 0.441 e. The van der Waals surface area contributed by atoms with E-state index < -0.39 is 0 Å². The van der Waals surface area contributed by atoms with Crippen molar-refractivity contribution in [3.8, 4) is 11.5 Å². The molecule has 23 heavy (non-hydrogen) atoms. The number of aryl methyl sites for hydroxylation is 1. The minimum Gasteiger partial charge on any atom is -0.441 e. The number of oxazole rings is 1. The summed E-state index contributed by atoms with van der Waals surface area (Å²) in [7, 11) is 0. The maximum absolute atomic E-state index is 12.1. The van der Waals surface area contributed by atoms with Crippen LogP contribution in [0.3, 0.4) is 0 Å². The average Bonchev–Trinajstić information content (AvgIpc) is 2.95. The second-order valence-corrected chi connectivity index (χ2v) is 5.20. The van der Waals surface area contributed by atoms with Crippen LogP contribution in [0.25, 0.3) is 11.5 Å². The summed E-state index contributed by atoms with van der Waals surface area (Å²) in [5, 5.41) is 2.89. The summed E-state index contributed by atoms with van der Waals surface area (Å²) in [4.78, 5) is 20.5. The molecule has 2 aromatic heterocycles. The number of amides is 1. The number of hydrogen-bond donors (Lipinski definition) is 1. The van der Waals surface area contributed by atoms with Gasteiger partial charge in [-0.05, 0) is 24.6 Å². The van der Waals surface area contributed by atoms with Gasteiger partial charge in [0.1, 0.15) is 5.76 Å². The second-order valence-electron chi connectivity index (χ2n) is 5.20. The smallest absolute Gasteiger partial charge is 0.228 e. The Morgan fingerprint density at radius 2 is 2.00 bits per heavy atom. The lowest BCUT2D eigenvalue weighted by Gasteiger charge is -2.04. The number of benzene rings is 1. The fourth-order valence-electron chi connectivity index (χ4n) is 2.22. The molecule has 116 valence electrons. The van der Waals surface area contributed by atoms with E-state index in [-0.39, 0.29) is 12.3 Å². The van der Waals surface area contributed by atoms with Crippen molar-refractivity contribution in [1.82, 2.24) is 15.3 Å². The van der Waals surface area contributed by atoms with Crippen molar-refractivity contribution in [2.75, 3.05) is 0 Å². The van der Waals surface area contributed by atoms with E-state index in [1.165, 1.54) is 0 Å². The van der Waals surface area contributed by atoms with Crippen LogP contribution in [-0.2, 0) is 17.8 Å². The lowest BCUT2D eigenvalue weighted by atomic mass is 10.2. The topological polar surface area (TPSA) is 68.0 Å². The normalized spacial score (nSPS) is 10.5. The zero-order valence-corrected chi connectivity index (χ0v) is 12.8. The van der Waals surface area contributed by atoms with Crippen molar-refractivity contribution in [3.63, 3.8) is 0 Å². The molecule has 0 spiro atoms. The molecule has 0 aliphatic rings. The summed E-state index contributed by atoms with van der Waals surface area (Å²) in [6, 6.07) is 13.5. The van der Waals surface area contributed by atoms with Crippen molar-refractivity contribution in [2.24, 2.45) is 0 Å². The molecule has 5 nitrogen and oxygen atoms in total. The highest BCUT2D eigenvalue weighted by molar-refractivity contribution is 5.78. The lowest BCUT2D eigenvalue weighted by Crippen LogP contribution is -2.24. The van der Waals surface area contributed by atoms with E-state index in [2.05, 4.69) is 15.3 Å². The van der Waals surface area contributed by atoms with E-state index in [0.29, 0.717) is 23.9 Å². The van der Waals surface area contributed by atoms with E-state index in [0.717, 1.165) is 11.1 Å². The lowest BCUT2D eigenvalue weighted by molar-refractivity contribution is -0.120. The third-order valence-electron chi connectivity index (χ3n) is 3.46. The van der Waals surface area contributed by atoms with Crippen LogP contribution in [0.15, 0.2) is 59.3 Å². The Balaban J connectivity index is 1.64.